The molecule has 2 aliphatic rings. The summed E-state index contributed by atoms with van der Waals surface area (Å²) >= 11 is 0. The molecule has 1 amide bonds. The van der Waals surface area contributed by atoms with Crippen molar-refractivity contribution in [1.82, 2.24) is 4.90 Å². The van der Waals surface area contributed by atoms with Crippen LogP contribution in [0.25, 0.3) is 5.76 Å². The first-order valence-corrected chi connectivity index (χ1v) is 10.6. The Kier molecular flexibility index (Phi) is 6.44. The van der Waals surface area contributed by atoms with Crippen molar-refractivity contribution in [3.8, 4) is 0 Å². The van der Waals surface area contributed by atoms with Gasteiger partial charge in [0.05, 0.1) is 31.4 Å². The van der Waals surface area contributed by atoms with Gasteiger partial charge in [-0.25, -0.2) is 4.39 Å². The molecule has 2 fully saturated rings. The topological polar surface area (TPSA) is 71.3 Å². The number of halogens is 1. The van der Waals surface area contributed by atoms with E-state index in [-0.39, 0.29) is 11.3 Å². The minimum absolute atomic E-state index is 0.0431. The molecule has 4 rings (SSSR count). The number of hydrogen-bond donors (Lipinski definition) is 2. The molecule has 7 heteroatoms. The highest BCUT2D eigenvalue weighted by Crippen LogP contribution is 2.39. The first-order valence-electron chi connectivity index (χ1n) is 10.6. The molecule has 2 aliphatic heterocycles. The van der Waals surface area contributed by atoms with Gasteiger partial charge < -0.3 is 19.6 Å². The molecule has 6 nitrogen and oxygen atoms in total. The average molecular weight is 425 g/mol. The molecule has 2 N–H and O–H groups in total. The lowest BCUT2D eigenvalue weighted by atomic mass is 9.95. The number of ether oxygens (including phenoxy) is 1. The standard InChI is InChI=1S/C24H25FN2O4/c25-19-9-7-17(8-10-19)21-20(22(28)18-5-2-1-3-6-18)23(29)24(30)27(21)12-4-11-26-13-15-31-16-14-26/h1-3,5-10,21,28H,4,11-16H2/p+1/t21-/m1/s1. The zero-order valence-corrected chi connectivity index (χ0v) is 17.2. The number of hydrogen-bond acceptors (Lipinski definition) is 4. The normalized spacial score (nSPS) is 21.6. The Labute approximate surface area is 180 Å². The van der Waals surface area contributed by atoms with Crippen molar-refractivity contribution in [3.63, 3.8) is 0 Å². The van der Waals surface area contributed by atoms with E-state index in [1.165, 1.54) is 21.9 Å². The first kappa shape index (κ1) is 21.2. The minimum Gasteiger partial charge on any atom is -0.507 e. The molecule has 162 valence electrons. The molecular weight excluding hydrogens is 399 g/mol. The highest BCUT2D eigenvalue weighted by atomic mass is 19.1. The fourth-order valence-electron chi connectivity index (χ4n) is 4.26. The van der Waals surface area contributed by atoms with Gasteiger partial charge in [-0.1, -0.05) is 42.5 Å². The van der Waals surface area contributed by atoms with E-state index < -0.39 is 23.5 Å². The second-order valence-corrected chi connectivity index (χ2v) is 7.88. The molecule has 0 saturated carbocycles. The van der Waals surface area contributed by atoms with Gasteiger partial charge in [-0.2, -0.15) is 0 Å². The van der Waals surface area contributed by atoms with E-state index in [2.05, 4.69) is 0 Å². The predicted molar refractivity (Wildman–Crippen MR) is 113 cm³/mol. The lowest BCUT2D eigenvalue weighted by Gasteiger charge is -2.27. The number of nitrogens with zero attached hydrogens (tertiary/aromatic N) is 1. The van der Waals surface area contributed by atoms with Crippen LogP contribution in [0.15, 0.2) is 60.2 Å². The number of ketones is 1. The number of Topliss-reactive ketones (excluding diaryl/α,β-unsaturated/α-hetero) is 1. The number of nitrogens with one attached hydrogen (secondary N) is 1. The molecule has 0 spiro atoms. The predicted octanol–water partition coefficient (Wildman–Crippen LogP) is 1.55. The highest BCUT2D eigenvalue weighted by Gasteiger charge is 2.45. The molecule has 0 aliphatic carbocycles. The van der Waals surface area contributed by atoms with E-state index in [0.29, 0.717) is 24.1 Å². The van der Waals surface area contributed by atoms with Crippen molar-refractivity contribution in [2.45, 2.75) is 12.5 Å². The number of likely N-dealkylation sites (tertiary alicyclic amines) is 1. The van der Waals surface area contributed by atoms with Gasteiger partial charge >= 0.3 is 0 Å². The summed E-state index contributed by atoms with van der Waals surface area (Å²) in [7, 11) is 0. The van der Waals surface area contributed by atoms with Gasteiger partial charge in [-0.15, -0.1) is 0 Å². The van der Waals surface area contributed by atoms with Crippen molar-refractivity contribution < 1.29 is 28.7 Å². The van der Waals surface area contributed by atoms with Crippen LogP contribution in [0.3, 0.4) is 0 Å². The van der Waals surface area contributed by atoms with Gasteiger partial charge in [0.2, 0.25) is 0 Å². The number of carbonyl (C=O) groups excluding carboxylic acids is 2. The Morgan fingerprint density at radius 1 is 1.06 bits per heavy atom. The molecular formula is C24H26FN2O4+. The smallest absolute Gasteiger partial charge is 0.295 e. The fraction of sp³-hybridized carbons (Fsp3) is 0.333. The summed E-state index contributed by atoms with van der Waals surface area (Å²) in [4.78, 5) is 28.8. The number of quaternary nitrogens is 1. The van der Waals surface area contributed by atoms with Gasteiger partial charge in [0, 0.05) is 18.5 Å². The third kappa shape index (κ3) is 4.52. The molecule has 2 aromatic rings. The molecule has 1 atom stereocenters. The van der Waals surface area contributed by atoms with E-state index >= 15 is 0 Å². The summed E-state index contributed by atoms with van der Waals surface area (Å²) in [6.07, 6.45) is 0.714. The van der Waals surface area contributed by atoms with Crippen LogP contribution in [0, 0.1) is 5.82 Å². The summed E-state index contributed by atoms with van der Waals surface area (Å²) in [6, 6.07) is 13.7. The molecule has 31 heavy (non-hydrogen) atoms. The van der Waals surface area contributed by atoms with Crippen LogP contribution in [-0.2, 0) is 14.3 Å². The quantitative estimate of drug-likeness (QED) is 0.419. The van der Waals surface area contributed by atoms with Crippen molar-refractivity contribution in [2.75, 3.05) is 39.4 Å². The SMILES string of the molecule is O=C1C(=O)N(CCC[NH+]2CCOCC2)[C@H](c2ccc(F)cc2)C1=C(O)c1ccccc1. The third-order valence-corrected chi connectivity index (χ3v) is 5.90. The summed E-state index contributed by atoms with van der Waals surface area (Å²) in [5, 5.41) is 10.9. The molecule has 2 heterocycles. The molecule has 0 aromatic heterocycles. The van der Waals surface area contributed by atoms with Crippen LogP contribution in [0.2, 0.25) is 0 Å². The largest absolute Gasteiger partial charge is 0.507 e. The summed E-state index contributed by atoms with van der Waals surface area (Å²) in [5.41, 5.74) is 1.10. The highest BCUT2D eigenvalue weighted by molar-refractivity contribution is 6.46. The Bertz CT molecular complexity index is 969. The maximum Gasteiger partial charge on any atom is 0.295 e. The lowest BCUT2D eigenvalue weighted by molar-refractivity contribution is -0.908. The van der Waals surface area contributed by atoms with Gasteiger partial charge in [0.1, 0.15) is 24.7 Å². The molecule has 2 aromatic carbocycles. The van der Waals surface area contributed by atoms with E-state index in [1.54, 1.807) is 42.5 Å². The van der Waals surface area contributed by atoms with Crippen LogP contribution in [0.4, 0.5) is 4.39 Å². The Morgan fingerprint density at radius 2 is 1.74 bits per heavy atom. The summed E-state index contributed by atoms with van der Waals surface area (Å²) < 4.78 is 18.9. The van der Waals surface area contributed by atoms with Crippen molar-refractivity contribution in [1.29, 1.82) is 0 Å². The van der Waals surface area contributed by atoms with Crippen LogP contribution >= 0.6 is 0 Å². The zero-order chi connectivity index (χ0) is 21.8. The Hall–Kier alpha value is -3.03. The van der Waals surface area contributed by atoms with Crippen LogP contribution in [0.1, 0.15) is 23.6 Å². The molecule has 0 radical (unpaired) electrons. The van der Waals surface area contributed by atoms with Crippen molar-refractivity contribution in [3.05, 3.63) is 77.1 Å². The number of benzene rings is 2. The summed E-state index contributed by atoms with van der Waals surface area (Å²) in [5.74, 6) is -1.97. The lowest BCUT2D eigenvalue weighted by Crippen LogP contribution is -3.14. The van der Waals surface area contributed by atoms with Crippen LogP contribution < -0.4 is 4.90 Å². The number of amides is 1. The van der Waals surface area contributed by atoms with Crippen molar-refractivity contribution in [2.24, 2.45) is 0 Å². The number of rotatable bonds is 6. The zero-order valence-electron chi connectivity index (χ0n) is 17.2. The number of morpholine rings is 1. The van der Waals surface area contributed by atoms with E-state index in [0.717, 1.165) is 32.8 Å². The number of aliphatic hydroxyl groups excluding tert-OH is 1. The van der Waals surface area contributed by atoms with Crippen LogP contribution in [0.5, 0.6) is 0 Å². The molecule has 0 unspecified atom stereocenters. The van der Waals surface area contributed by atoms with E-state index in [9.17, 15) is 19.1 Å². The number of carbonyl (C=O) groups is 2. The minimum atomic E-state index is -0.750. The number of aliphatic hydroxyl groups is 1. The monoisotopic (exact) mass is 425 g/mol. The maximum absolute atomic E-state index is 13.5. The second-order valence-electron chi connectivity index (χ2n) is 7.88. The van der Waals surface area contributed by atoms with Gasteiger partial charge in [-0.3, -0.25) is 9.59 Å². The Balaban J connectivity index is 1.65. The molecule has 2 saturated heterocycles. The molecule has 0 bridgehead atoms. The third-order valence-electron chi connectivity index (χ3n) is 5.90. The van der Waals surface area contributed by atoms with E-state index in [1.807, 2.05) is 0 Å². The van der Waals surface area contributed by atoms with Crippen LogP contribution in [-0.4, -0.2) is 61.1 Å². The van der Waals surface area contributed by atoms with Gasteiger partial charge in [0.25, 0.3) is 11.7 Å². The maximum atomic E-state index is 13.5. The van der Waals surface area contributed by atoms with Crippen molar-refractivity contribution >= 4 is 17.4 Å². The second kappa shape index (κ2) is 9.41. The Morgan fingerprint density at radius 3 is 2.42 bits per heavy atom. The van der Waals surface area contributed by atoms with Gasteiger partial charge in [0.15, 0.2) is 0 Å². The first-order chi connectivity index (χ1) is 15.1. The average Bonchev–Trinajstić information content (AvgIpc) is 3.05. The van der Waals surface area contributed by atoms with Gasteiger partial charge in [-0.05, 0) is 17.7 Å². The fourth-order valence-corrected chi connectivity index (χ4v) is 4.26. The summed E-state index contributed by atoms with van der Waals surface area (Å²) in [6.45, 7) is 4.55. The van der Waals surface area contributed by atoms with E-state index in [4.69, 9.17) is 4.74 Å².